The number of nitrogens with zero attached hydrogens (tertiary/aromatic N) is 1. The molecule has 1 aromatic rings. The molecular formula is C16H24ClN3O4. The van der Waals surface area contributed by atoms with Crippen LogP contribution < -0.4 is 15.4 Å². The average molecular weight is 358 g/mol. The third-order valence-corrected chi connectivity index (χ3v) is 3.92. The molecule has 1 aliphatic heterocycles. The molecule has 134 valence electrons. The molecule has 1 atom stereocenters. The van der Waals surface area contributed by atoms with Crippen LogP contribution in [0, 0.1) is 16.0 Å². The Kier molecular flexibility index (Phi) is 9.11. The normalized spacial score (nSPS) is 16.8. The van der Waals surface area contributed by atoms with E-state index in [0.717, 1.165) is 19.5 Å². The summed E-state index contributed by atoms with van der Waals surface area (Å²) in [6, 6.07) is 6.16. The van der Waals surface area contributed by atoms with E-state index in [0.29, 0.717) is 12.5 Å². The van der Waals surface area contributed by atoms with Crippen molar-refractivity contribution in [3.63, 3.8) is 0 Å². The molecule has 0 radical (unpaired) electrons. The molecule has 0 saturated carbocycles. The van der Waals surface area contributed by atoms with Crippen LogP contribution in [0.25, 0.3) is 0 Å². The first-order chi connectivity index (χ1) is 11.2. The van der Waals surface area contributed by atoms with Gasteiger partial charge in [-0.25, -0.2) is 0 Å². The van der Waals surface area contributed by atoms with Gasteiger partial charge in [-0.1, -0.05) is 12.1 Å². The fourth-order valence-electron chi connectivity index (χ4n) is 2.66. The van der Waals surface area contributed by atoms with Crippen LogP contribution >= 0.6 is 12.4 Å². The van der Waals surface area contributed by atoms with E-state index in [1.807, 2.05) is 0 Å². The van der Waals surface area contributed by atoms with E-state index in [4.69, 9.17) is 4.74 Å². The number of ether oxygens (including phenoxy) is 1. The van der Waals surface area contributed by atoms with Crippen LogP contribution in [0.2, 0.25) is 0 Å². The minimum absolute atomic E-state index is 0. The fraction of sp³-hybridized carbons (Fsp3) is 0.562. The van der Waals surface area contributed by atoms with Gasteiger partial charge in [0.05, 0.1) is 18.0 Å². The predicted molar refractivity (Wildman–Crippen MR) is 93.7 cm³/mol. The molecule has 0 spiro atoms. The summed E-state index contributed by atoms with van der Waals surface area (Å²) in [6.45, 7) is 2.90. The van der Waals surface area contributed by atoms with Crippen molar-refractivity contribution in [2.45, 2.75) is 25.7 Å². The number of carbonyl (C=O) groups is 1. The number of rotatable bonds is 8. The highest BCUT2D eigenvalue weighted by atomic mass is 35.5. The molecule has 1 aromatic carbocycles. The van der Waals surface area contributed by atoms with Crippen molar-refractivity contribution in [3.05, 3.63) is 34.4 Å². The van der Waals surface area contributed by atoms with Gasteiger partial charge in [-0.2, -0.15) is 0 Å². The third-order valence-electron chi connectivity index (χ3n) is 3.92. The SMILES string of the molecule is Cl.O=C(CCOc1ccccc1[N+](=O)[O-])NCCC1CCCNC1. The molecular weight excluding hydrogens is 334 g/mol. The number of piperidine rings is 1. The maximum absolute atomic E-state index is 11.8. The standard InChI is InChI=1S/C16H23N3O4.ClH/c20-16(18-10-7-13-4-3-9-17-12-13)8-11-23-15-6-2-1-5-14(15)19(21)22;/h1-2,5-6,13,17H,3-4,7-12H2,(H,18,20);1H. The lowest BCUT2D eigenvalue weighted by Crippen LogP contribution is -2.33. The summed E-state index contributed by atoms with van der Waals surface area (Å²) in [5.41, 5.74) is -0.0855. The summed E-state index contributed by atoms with van der Waals surface area (Å²) in [7, 11) is 0. The molecule has 1 aliphatic rings. The second-order valence-corrected chi connectivity index (χ2v) is 5.67. The van der Waals surface area contributed by atoms with Gasteiger partial charge in [0.25, 0.3) is 0 Å². The van der Waals surface area contributed by atoms with Gasteiger partial charge in [0, 0.05) is 12.6 Å². The number of nitrogens with one attached hydrogen (secondary N) is 2. The van der Waals surface area contributed by atoms with Gasteiger partial charge in [0.1, 0.15) is 0 Å². The number of carbonyl (C=O) groups excluding carboxylic acids is 1. The molecule has 1 saturated heterocycles. The van der Waals surface area contributed by atoms with E-state index < -0.39 is 4.92 Å². The van der Waals surface area contributed by atoms with E-state index in [9.17, 15) is 14.9 Å². The first-order valence-corrected chi connectivity index (χ1v) is 8.00. The lowest BCUT2D eigenvalue weighted by atomic mass is 9.96. The van der Waals surface area contributed by atoms with Gasteiger partial charge in [-0.05, 0) is 44.3 Å². The van der Waals surface area contributed by atoms with Crippen molar-refractivity contribution in [1.82, 2.24) is 10.6 Å². The zero-order valence-electron chi connectivity index (χ0n) is 13.5. The first-order valence-electron chi connectivity index (χ1n) is 8.00. The Morgan fingerprint density at radius 2 is 2.21 bits per heavy atom. The number of para-hydroxylation sites is 2. The van der Waals surface area contributed by atoms with Gasteiger partial charge < -0.3 is 15.4 Å². The summed E-state index contributed by atoms with van der Waals surface area (Å²) < 4.78 is 5.35. The van der Waals surface area contributed by atoms with Crippen LogP contribution in [0.5, 0.6) is 5.75 Å². The molecule has 2 N–H and O–H groups in total. The molecule has 24 heavy (non-hydrogen) atoms. The smallest absolute Gasteiger partial charge is 0.310 e. The highest BCUT2D eigenvalue weighted by Gasteiger charge is 2.15. The van der Waals surface area contributed by atoms with Crippen LogP contribution in [-0.2, 0) is 4.79 Å². The lowest BCUT2D eigenvalue weighted by molar-refractivity contribution is -0.385. The van der Waals surface area contributed by atoms with E-state index in [1.54, 1.807) is 12.1 Å². The van der Waals surface area contributed by atoms with E-state index in [2.05, 4.69) is 10.6 Å². The van der Waals surface area contributed by atoms with Crippen molar-refractivity contribution in [2.24, 2.45) is 5.92 Å². The average Bonchev–Trinajstić information content (AvgIpc) is 2.56. The molecule has 2 rings (SSSR count). The number of benzene rings is 1. The molecule has 8 heteroatoms. The van der Waals surface area contributed by atoms with Crippen molar-refractivity contribution in [3.8, 4) is 5.75 Å². The number of amides is 1. The summed E-state index contributed by atoms with van der Waals surface area (Å²) in [4.78, 5) is 22.1. The van der Waals surface area contributed by atoms with Crippen LogP contribution in [0.3, 0.4) is 0 Å². The monoisotopic (exact) mass is 357 g/mol. The Morgan fingerprint density at radius 3 is 2.92 bits per heavy atom. The lowest BCUT2D eigenvalue weighted by Gasteiger charge is -2.22. The summed E-state index contributed by atoms with van der Waals surface area (Å²) in [5.74, 6) is 0.734. The molecule has 1 fully saturated rings. The highest BCUT2D eigenvalue weighted by Crippen LogP contribution is 2.25. The van der Waals surface area contributed by atoms with Gasteiger partial charge in [0.2, 0.25) is 5.91 Å². The topological polar surface area (TPSA) is 93.5 Å². The maximum atomic E-state index is 11.8. The molecule has 0 aliphatic carbocycles. The molecule has 1 heterocycles. The predicted octanol–water partition coefficient (Wildman–Crippen LogP) is 2.29. The van der Waals surface area contributed by atoms with Crippen molar-refractivity contribution in [2.75, 3.05) is 26.2 Å². The molecule has 0 aromatic heterocycles. The first kappa shape index (κ1) is 20.2. The Bertz CT molecular complexity index is 536. The van der Waals surface area contributed by atoms with Gasteiger partial charge in [0.15, 0.2) is 5.75 Å². The minimum Gasteiger partial charge on any atom is -0.486 e. The van der Waals surface area contributed by atoms with Gasteiger partial charge in [-0.3, -0.25) is 14.9 Å². The number of hydrogen-bond donors (Lipinski definition) is 2. The minimum atomic E-state index is -0.492. The third kappa shape index (κ3) is 6.72. The van der Waals surface area contributed by atoms with E-state index in [1.165, 1.54) is 25.0 Å². The number of nitro benzene ring substituents is 1. The Balaban J connectivity index is 0.00000288. The van der Waals surface area contributed by atoms with E-state index >= 15 is 0 Å². The van der Waals surface area contributed by atoms with Crippen LogP contribution in [0.15, 0.2) is 24.3 Å². The van der Waals surface area contributed by atoms with E-state index in [-0.39, 0.29) is 42.8 Å². The van der Waals surface area contributed by atoms with Crippen LogP contribution in [0.4, 0.5) is 5.69 Å². The Hall–Kier alpha value is -1.86. The number of nitro groups is 1. The zero-order valence-corrected chi connectivity index (χ0v) is 14.3. The summed E-state index contributed by atoms with van der Waals surface area (Å²) >= 11 is 0. The Labute approximate surface area is 147 Å². The zero-order chi connectivity index (χ0) is 16.5. The Morgan fingerprint density at radius 1 is 1.42 bits per heavy atom. The van der Waals surface area contributed by atoms with Crippen LogP contribution in [0.1, 0.15) is 25.7 Å². The summed E-state index contributed by atoms with van der Waals surface area (Å²) in [6.07, 6.45) is 3.57. The largest absolute Gasteiger partial charge is 0.486 e. The summed E-state index contributed by atoms with van der Waals surface area (Å²) in [5, 5.41) is 17.1. The number of hydrogen-bond acceptors (Lipinski definition) is 5. The second-order valence-electron chi connectivity index (χ2n) is 5.67. The number of halogens is 1. The molecule has 0 bridgehead atoms. The van der Waals surface area contributed by atoms with Gasteiger partial charge >= 0.3 is 5.69 Å². The quantitative estimate of drug-likeness (QED) is 0.550. The van der Waals surface area contributed by atoms with Gasteiger partial charge in [-0.15, -0.1) is 12.4 Å². The molecule has 1 amide bonds. The fourth-order valence-corrected chi connectivity index (χ4v) is 2.66. The highest BCUT2D eigenvalue weighted by molar-refractivity contribution is 5.85. The molecule has 7 nitrogen and oxygen atoms in total. The van der Waals surface area contributed by atoms with Crippen molar-refractivity contribution >= 4 is 24.0 Å². The maximum Gasteiger partial charge on any atom is 0.310 e. The van der Waals surface area contributed by atoms with Crippen molar-refractivity contribution < 1.29 is 14.5 Å². The second kappa shape index (κ2) is 10.8. The van der Waals surface area contributed by atoms with Crippen molar-refractivity contribution in [1.29, 1.82) is 0 Å². The van der Waals surface area contributed by atoms with Crippen LogP contribution in [-0.4, -0.2) is 37.1 Å². The molecule has 1 unspecified atom stereocenters.